The number of aromatic hydroxyl groups is 1. The van der Waals surface area contributed by atoms with Crippen LogP contribution >= 0.6 is 15.9 Å². The molecule has 0 saturated carbocycles. The number of aryl methyl sites for hydroxylation is 1. The van der Waals surface area contributed by atoms with Crippen LogP contribution < -0.4 is 0 Å². The second-order valence-electron chi connectivity index (χ2n) is 2.17. The van der Waals surface area contributed by atoms with E-state index in [-0.39, 0.29) is 4.47 Å². The Balaban J connectivity index is 3.38. The van der Waals surface area contributed by atoms with Crippen LogP contribution in [0.4, 0.5) is 5.69 Å². The van der Waals surface area contributed by atoms with Gasteiger partial charge >= 0.3 is 5.69 Å². The fourth-order valence-corrected chi connectivity index (χ4v) is 1.43. The Labute approximate surface area is 76.3 Å². The first-order chi connectivity index (χ1) is 5.52. The average molecular weight is 233 g/mol. The van der Waals surface area contributed by atoms with Gasteiger partial charge in [-0.25, -0.2) is 4.98 Å². The first-order valence-electron chi connectivity index (χ1n) is 3.03. The third kappa shape index (κ3) is 1.53. The lowest BCUT2D eigenvalue weighted by Crippen LogP contribution is -1.93. The van der Waals surface area contributed by atoms with E-state index in [1.807, 2.05) is 0 Å². The third-order valence-corrected chi connectivity index (χ3v) is 1.84. The monoisotopic (exact) mass is 232 g/mol. The molecule has 64 valence electrons. The van der Waals surface area contributed by atoms with Crippen molar-refractivity contribution in [3.8, 4) is 5.88 Å². The Morgan fingerprint density at radius 2 is 2.33 bits per heavy atom. The molecule has 12 heavy (non-hydrogen) atoms. The van der Waals surface area contributed by atoms with Crippen molar-refractivity contribution in [2.75, 3.05) is 0 Å². The topological polar surface area (TPSA) is 76.3 Å². The van der Waals surface area contributed by atoms with Crippen molar-refractivity contribution in [3.63, 3.8) is 0 Å². The van der Waals surface area contributed by atoms with Crippen LogP contribution in [0.5, 0.6) is 5.88 Å². The first-order valence-corrected chi connectivity index (χ1v) is 3.82. The van der Waals surface area contributed by atoms with E-state index in [1.165, 1.54) is 6.07 Å². The molecule has 0 aliphatic heterocycles. The number of nitrogens with zero attached hydrogens (tertiary/aromatic N) is 2. The second-order valence-corrected chi connectivity index (χ2v) is 3.03. The lowest BCUT2D eigenvalue weighted by molar-refractivity contribution is -0.387. The van der Waals surface area contributed by atoms with Gasteiger partial charge in [-0.15, -0.1) is 0 Å². The highest BCUT2D eigenvalue weighted by Crippen LogP contribution is 2.32. The zero-order valence-electron chi connectivity index (χ0n) is 6.11. The minimum absolute atomic E-state index is 0.234. The molecule has 1 aromatic rings. The molecule has 0 radical (unpaired) electrons. The molecule has 0 bridgehead atoms. The van der Waals surface area contributed by atoms with Crippen molar-refractivity contribution in [3.05, 3.63) is 26.3 Å². The molecule has 1 heterocycles. The molecule has 0 aliphatic carbocycles. The largest absolute Gasteiger partial charge is 0.488 e. The van der Waals surface area contributed by atoms with E-state index >= 15 is 0 Å². The molecular formula is C6H5BrN2O3. The SMILES string of the molecule is Cc1cc(Br)c([N+](=O)[O-])c(O)n1. The van der Waals surface area contributed by atoms with Crippen molar-refractivity contribution >= 4 is 21.6 Å². The minimum Gasteiger partial charge on any atom is -0.488 e. The van der Waals surface area contributed by atoms with Crippen LogP contribution in [0.15, 0.2) is 10.5 Å². The smallest absolute Gasteiger partial charge is 0.344 e. The second kappa shape index (κ2) is 3.06. The summed E-state index contributed by atoms with van der Waals surface area (Å²) in [5.41, 5.74) is 0.116. The molecule has 0 atom stereocenters. The van der Waals surface area contributed by atoms with Crippen molar-refractivity contribution < 1.29 is 10.0 Å². The predicted molar refractivity (Wildman–Crippen MR) is 45.0 cm³/mol. The summed E-state index contributed by atoms with van der Waals surface area (Å²) in [6, 6.07) is 1.47. The van der Waals surface area contributed by atoms with E-state index in [1.54, 1.807) is 6.92 Å². The molecule has 0 spiro atoms. The van der Waals surface area contributed by atoms with Gasteiger partial charge in [0.05, 0.1) is 4.92 Å². The van der Waals surface area contributed by atoms with Crippen LogP contribution in [0.2, 0.25) is 0 Å². The van der Waals surface area contributed by atoms with Gasteiger partial charge in [-0.2, -0.15) is 0 Å². The fourth-order valence-electron chi connectivity index (χ4n) is 0.780. The summed E-state index contributed by atoms with van der Waals surface area (Å²) < 4.78 is 0.234. The zero-order valence-corrected chi connectivity index (χ0v) is 7.70. The number of rotatable bonds is 1. The summed E-state index contributed by atoms with van der Waals surface area (Å²) >= 11 is 2.96. The highest BCUT2D eigenvalue weighted by atomic mass is 79.9. The van der Waals surface area contributed by atoms with Gasteiger partial charge < -0.3 is 5.11 Å². The third-order valence-electron chi connectivity index (χ3n) is 1.24. The number of hydrogen-bond acceptors (Lipinski definition) is 4. The standard InChI is InChI=1S/C6H5BrN2O3/c1-3-2-4(7)5(9(11)12)6(10)8-3/h2H,1H3,(H,8,10). The van der Waals surface area contributed by atoms with Crippen molar-refractivity contribution in [1.82, 2.24) is 4.98 Å². The van der Waals surface area contributed by atoms with Crippen LogP contribution in [0.25, 0.3) is 0 Å². The van der Waals surface area contributed by atoms with Crippen LogP contribution in [-0.2, 0) is 0 Å². The lowest BCUT2D eigenvalue weighted by atomic mass is 10.3. The van der Waals surface area contributed by atoms with Crippen LogP contribution in [0.1, 0.15) is 5.69 Å². The summed E-state index contributed by atoms with van der Waals surface area (Å²) in [7, 11) is 0. The van der Waals surface area contributed by atoms with E-state index < -0.39 is 16.5 Å². The number of halogens is 1. The van der Waals surface area contributed by atoms with Crippen LogP contribution in [0.3, 0.4) is 0 Å². The quantitative estimate of drug-likeness (QED) is 0.592. The summed E-state index contributed by atoms with van der Waals surface area (Å²) in [6.45, 7) is 1.63. The molecule has 0 fully saturated rings. The van der Waals surface area contributed by atoms with Gasteiger partial charge in [-0.3, -0.25) is 10.1 Å². The average Bonchev–Trinajstić information content (AvgIpc) is 1.82. The normalized spacial score (nSPS) is 9.83. The van der Waals surface area contributed by atoms with E-state index in [2.05, 4.69) is 20.9 Å². The molecule has 1 rings (SSSR count). The van der Waals surface area contributed by atoms with E-state index in [4.69, 9.17) is 5.11 Å². The Morgan fingerprint density at radius 3 is 2.75 bits per heavy atom. The fraction of sp³-hybridized carbons (Fsp3) is 0.167. The van der Waals surface area contributed by atoms with Gasteiger partial charge in [0.1, 0.15) is 4.47 Å². The van der Waals surface area contributed by atoms with Crippen LogP contribution in [-0.4, -0.2) is 15.0 Å². The van der Waals surface area contributed by atoms with E-state index in [9.17, 15) is 10.1 Å². The maximum Gasteiger partial charge on any atom is 0.344 e. The van der Waals surface area contributed by atoms with Crippen molar-refractivity contribution in [2.45, 2.75) is 6.92 Å². The molecule has 0 aliphatic rings. The molecule has 5 nitrogen and oxygen atoms in total. The Kier molecular flexibility index (Phi) is 2.27. The van der Waals surface area contributed by atoms with E-state index in [0.717, 1.165) is 0 Å². The molecular weight excluding hydrogens is 228 g/mol. The highest BCUT2D eigenvalue weighted by molar-refractivity contribution is 9.10. The van der Waals surface area contributed by atoms with E-state index in [0.29, 0.717) is 5.69 Å². The first kappa shape index (κ1) is 8.92. The lowest BCUT2D eigenvalue weighted by Gasteiger charge is -1.98. The molecule has 0 saturated heterocycles. The summed E-state index contributed by atoms with van der Waals surface area (Å²) in [6.07, 6.45) is 0. The Morgan fingerprint density at radius 1 is 1.75 bits per heavy atom. The number of hydrogen-bond donors (Lipinski definition) is 1. The zero-order chi connectivity index (χ0) is 9.30. The molecule has 1 N–H and O–H groups in total. The summed E-state index contributed by atoms with van der Waals surface area (Å²) in [5, 5.41) is 19.4. The van der Waals surface area contributed by atoms with Gasteiger partial charge in [-0.05, 0) is 28.9 Å². The maximum absolute atomic E-state index is 10.3. The van der Waals surface area contributed by atoms with Crippen LogP contribution in [0, 0.1) is 17.0 Å². The predicted octanol–water partition coefficient (Wildman–Crippen LogP) is 1.77. The van der Waals surface area contributed by atoms with Crippen molar-refractivity contribution in [2.24, 2.45) is 0 Å². The summed E-state index contributed by atoms with van der Waals surface area (Å²) in [4.78, 5) is 13.2. The van der Waals surface area contributed by atoms with Gasteiger partial charge in [0.2, 0.25) is 0 Å². The van der Waals surface area contributed by atoms with Crippen molar-refractivity contribution in [1.29, 1.82) is 0 Å². The Hall–Kier alpha value is -1.17. The van der Waals surface area contributed by atoms with Gasteiger partial charge in [-0.1, -0.05) is 0 Å². The number of pyridine rings is 1. The minimum atomic E-state index is -0.689. The maximum atomic E-state index is 10.3. The van der Waals surface area contributed by atoms with Gasteiger partial charge in [0, 0.05) is 5.69 Å². The number of nitro groups is 1. The summed E-state index contributed by atoms with van der Waals surface area (Å²) in [5.74, 6) is -0.563. The number of aromatic nitrogens is 1. The Bertz CT molecular complexity index is 317. The van der Waals surface area contributed by atoms with Gasteiger partial charge in [0.25, 0.3) is 5.88 Å². The molecule has 0 amide bonds. The molecule has 1 aromatic heterocycles. The molecule has 0 unspecified atom stereocenters. The molecule has 0 aromatic carbocycles. The van der Waals surface area contributed by atoms with Gasteiger partial charge in [0.15, 0.2) is 0 Å². The molecule has 6 heteroatoms. The highest BCUT2D eigenvalue weighted by Gasteiger charge is 2.19.